The van der Waals surface area contributed by atoms with Crippen LogP contribution in [0.5, 0.6) is 0 Å². The first kappa shape index (κ1) is 44.4. The van der Waals surface area contributed by atoms with Crippen molar-refractivity contribution in [1.82, 2.24) is 0 Å². The molecule has 0 aliphatic rings. The van der Waals surface area contributed by atoms with Gasteiger partial charge in [-0.05, 0) is 70.6 Å². The van der Waals surface area contributed by atoms with Crippen LogP contribution in [-0.4, -0.2) is 23.1 Å². The highest BCUT2D eigenvalue weighted by Gasteiger charge is 2.14. The standard InChI is InChI=1S/C42H78O4/c1-3-5-7-9-10-11-12-13-14-19-22-25-28-31-35-39-42(45)46-40(36-32-8-6-4-2)37-33-29-26-23-20-17-15-16-18-21-24-27-30-34-38-41(43)44/h10-11,13-14,40H,3-9,12,15-39H2,1-2H3,(H,43,44)/b11-10-,14-13-. The summed E-state index contributed by atoms with van der Waals surface area (Å²) in [5, 5.41) is 8.68. The number of aliphatic carboxylic acids is 1. The number of rotatable bonds is 37. The number of carboxylic acids is 1. The second-order valence-corrected chi connectivity index (χ2v) is 13.8. The van der Waals surface area contributed by atoms with E-state index in [0.717, 1.165) is 44.9 Å². The monoisotopic (exact) mass is 647 g/mol. The Hall–Kier alpha value is -1.58. The fraction of sp³-hybridized carbons (Fsp3) is 0.857. The van der Waals surface area contributed by atoms with Crippen molar-refractivity contribution in [3.8, 4) is 0 Å². The fourth-order valence-electron chi connectivity index (χ4n) is 6.16. The molecule has 0 rings (SSSR count). The minimum atomic E-state index is -0.666. The van der Waals surface area contributed by atoms with Crippen molar-refractivity contribution in [2.24, 2.45) is 0 Å². The fourth-order valence-corrected chi connectivity index (χ4v) is 6.16. The van der Waals surface area contributed by atoms with Crippen molar-refractivity contribution in [2.45, 2.75) is 232 Å². The highest BCUT2D eigenvalue weighted by molar-refractivity contribution is 5.69. The van der Waals surface area contributed by atoms with E-state index in [0.29, 0.717) is 12.8 Å². The van der Waals surface area contributed by atoms with Gasteiger partial charge in [0.1, 0.15) is 6.10 Å². The van der Waals surface area contributed by atoms with Crippen LogP contribution in [0.3, 0.4) is 0 Å². The zero-order valence-electron chi connectivity index (χ0n) is 30.9. The van der Waals surface area contributed by atoms with Crippen LogP contribution in [0.4, 0.5) is 0 Å². The Morgan fingerprint density at radius 2 is 0.848 bits per heavy atom. The molecule has 4 nitrogen and oxygen atoms in total. The predicted octanol–water partition coefficient (Wildman–Crippen LogP) is 14.0. The summed E-state index contributed by atoms with van der Waals surface area (Å²) in [4.78, 5) is 23.1. The number of unbranched alkanes of at least 4 members (excludes halogenated alkanes) is 24. The molecule has 0 heterocycles. The molecule has 0 aromatic carbocycles. The largest absolute Gasteiger partial charge is 0.481 e. The van der Waals surface area contributed by atoms with Gasteiger partial charge in [-0.15, -0.1) is 0 Å². The molecule has 46 heavy (non-hydrogen) atoms. The predicted molar refractivity (Wildman–Crippen MR) is 200 cm³/mol. The highest BCUT2D eigenvalue weighted by atomic mass is 16.5. The van der Waals surface area contributed by atoms with Crippen LogP contribution in [0.2, 0.25) is 0 Å². The number of ether oxygens (including phenoxy) is 1. The number of hydrogen-bond donors (Lipinski definition) is 1. The van der Waals surface area contributed by atoms with Gasteiger partial charge in [-0.25, -0.2) is 0 Å². The average molecular weight is 647 g/mol. The topological polar surface area (TPSA) is 63.6 Å². The van der Waals surface area contributed by atoms with Crippen molar-refractivity contribution >= 4 is 11.9 Å². The van der Waals surface area contributed by atoms with Crippen molar-refractivity contribution in [1.29, 1.82) is 0 Å². The summed E-state index contributed by atoms with van der Waals surface area (Å²) in [7, 11) is 0. The molecule has 0 aromatic rings. The summed E-state index contributed by atoms with van der Waals surface area (Å²) in [5.74, 6) is -0.634. The quantitative estimate of drug-likeness (QED) is 0.0414. The van der Waals surface area contributed by atoms with E-state index in [9.17, 15) is 9.59 Å². The number of carboxylic acid groups (broad SMARTS) is 1. The zero-order valence-corrected chi connectivity index (χ0v) is 30.9. The van der Waals surface area contributed by atoms with Crippen LogP contribution in [0.25, 0.3) is 0 Å². The van der Waals surface area contributed by atoms with Gasteiger partial charge in [0.05, 0.1) is 0 Å². The van der Waals surface area contributed by atoms with Crippen molar-refractivity contribution < 1.29 is 19.4 Å². The third-order valence-corrected chi connectivity index (χ3v) is 9.18. The Kier molecular flexibility index (Phi) is 36.6. The molecule has 1 atom stereocenters. The first-order chi connectivity index (χ1) is 22.6. The number of esters is 1. The van der Waals surface area contributed by atoms with Crippen LogP contribution >= 0.6 is 0 Å². The molecule has 0 amide bonds. The molecule has 0 aliphatic heterocycles. The lowest BCUT2D eigenvalue weighted by atomic mass is 10.0. The zero-order chi connectivity index (χ0) is 33.6. The second-order valence-electron chi connectivity index (χ2n) is 13.8. The summed E-state index contributed by atoms with van der Waals surface area (Å²) in [6, 6.07) is 0. The van der Waals surface area contributed by atoms with Gasteiger partial charge in [0.25, 0.3) is 0 Å². The minimum absolute atomic E-state index is 0.0318. The highest BCUT2D eigenvalue weighted by Crippen LogP contribution is 2.19. The van der Waals surface area contributed by atoms with Gasteiger partial charge in [-0.1, -0.05) is 167 Å². The molecule has 0 saturated heterocycles. The van der Waals surface area contributed by atoms with Gasteiger partial charge in [-0.2, -0.15) is 0 Å². The third kappa shape index (κ3) is 36.9. The van der Waals surface area contributed by atoms with Crippen LogP contribution in [0.1, 0.15) is 226 Å². The van der Waals surface area contributed by atoms with Crippen molar-refractivity contribution in [3.63, 3.8) is 0 Å². The normalized spacial score (nSPS) is 12.4. The number of carbonyl (C=O) groups is 2. The van der Waals surface area contributed by atoms with E-state index >= 15 is 0 Å². The lowest BCUT2D eigenvalue weighted by Crippen LogP contribution is -2.18. The van der Waals surface area contributed by atoms with E-state index in [2.05, 4.69) is 38.2 Å². The molecule has 1 N–H and O–H groups in total. The molecular weight excluding hydrogens is 568 g/mol. The second kappa shape index (κ2) is 37.9. The Morgan fingerprint density at radius 1 is 0.478 bits per heavy atom. The first-order valence-electron chi connectivity index (χ1n) is 20.3. The van der Waals surface area contributed by atoms with Crippen LogP contribution in [0, 0.1) is 0 Å². The van der Waals surface area contributed by atoms with Crippen molar-refractivity contribution in [2.75, 3.05) is 0 Å². The van der Waals surface area contributed by atoms with Crippen LogP contribution in [-0.2, 0) is 14.3 Å². The summed E-state index contributed by atoms with van der Waals surface area (Å²) in [6.45, 7) is 4.50. The number of allylic oxidation sites excluding steroid dienone is 4. The summed E-state index contributed by atoms with van der Waals surface area (Å²) in [5.41, 5.74) is 0. The van der Waals surface area contributed by atoms with Gasteiger partial charge >= 0.3 is 11.9 Å². The van der Waals surface area contributed by atoms with E-state index in [1.807, 2.05) is 0 Å². The molecule has 0 fully saturated rings. The first-order valence-corrected chi connectivity index (χ1v) is 20.3. The Labute approximate surface area is 287 Å². The maximum absolute atomic E-state index is 12.6. The maximum atomic E-state index is 12.6. The van der Waals surface area contributed by atoms with Gasteiger partial charge in [0.2, 0.25) is 0 Å². The lowest BCUT2D eigenvalue weighted by molar-refractivity contribution is -0.150. The Balaban J connectivity index is 3.81. The van der Waals surface area contributed by atoms with E-state index in [1.54, 1.807) is 0 Å². The van der Waals surface area contributed by atoms with E-state index in [1.165, 1.54) is 154 Å². The smallest absolute Gasteiger partial charge is 0.306 e. The van der Waals surface area contributed by atoms with Gasteiger partial charge in [0, 0.05) is 12.8 Å². The summed E-state index contributed by atoms with van der Waals surface area (Å²) in [6.07, 6.45) is 48.0. The molecule has 0 aliphatic carbocycles. The van der Waals surface area contributed by atoms with Crippen LogP contribution in [0.15, 0.2) is 24.3 Å². The van der Waals surface area contributed by atoms with Gasteiger partial charge < -0.3 is 9.84 Å². The minimum Gasteiger partial charge on any atom is -0.481 e. The lowest BCUT2D eigenvalue weighted by Gasteiger charge is -2.18. The maximum Gasteiger partial charge on any atom is 0.306 e. The van der Waals surface area contributed by atoms with E-state index in [-0.39, 0.29) is 12.1 Å². The molecular formula is C42H78O4. The molecule has 1 unspecified atom stereocenters. The third-order valence-electron chi connectivity index (χ3n) is 9.18. The van der Waals surface area contributed by atoms with E-state index in [4.69, 9.17) is 9.84 Å². The number of hydrogen-bond acceptors (Lipinski definition) is 3. The summed E-state index contributed by atoms with van der Waals surface area (Å²) < 4.78 is 6.00. The molecule has 0 radical (unpaired) electrons. The molecule has 0 saturated carbocycles. The Morgan fingerprint density at radius 3 is 1.33 bits per heavy atom. The molecule has 0 spiro atoms. The van der Waals surface area contributed by atoms with Gasteiger partial charge in [0.15, 0.2) is 0 Å². The Bertz CT molecular complexity index is 698. The summed E-state index contributed by atoms with van der Waals surface area (Å²) >= 11 is 0. The SMILES string of the molecule is CCCCC/C=C\C/C=C\CCCCCCCC(=O)OC(CCCCCC)CCCCCCCCCCCCCCCCC(=O)O. The van der Waals surface area contributed by atoms with E-state index < -0.39 is 5.97 Å². The molecule has 270 valence electrons. The van der Waals surface area contributed by atoms with Crippen molar-refractivity contribution in [3.05, 3.63) is 24.3 Å². The van der Waals surface area contributed by atoms with Crippen LogP contribution < -0.4 is 0 Å². The number of carbonyl (C=O) groups excluding carboxylic acids is 1. The average Bonchev–Trinajstić information content (AvgIpc) is 3.04. The molecule has 4 heteroatoms. The molecule has 0 bridgehead atoms. The molecule has 0 aromatic heterocycles. The van der Waals surface area contributed by atoms with Gasteiger partial charge in [-0.3, -0.25) is 9.59 Å².